The number of pyridine rings is 1. The fourth-order valence-electron chi connectivity index (χ4n) is 2.09. The van der Waals surface area contributed by atoms with Crippen LogP contribution in [0.3, 0.4) is 0 Å². The van der Waals surface area contributed by atoms with Crippen LogP contribution in [0.5, 0.6) is 0 Å². The van der Waals surface area contributed by atoms with Gasteiger partial charge < -0.3 is 10.7 Å². The summed E-state index contributed by atoms with van der Waals surface area (Å²) in [6.07, 6.45) is 1.36. The Morgan fingerprint density at radius 2 is 1.95 bits per heavy atom. The van der Waals surface area contributed by atoms with Gasteiger partial charge in [-0.1, -0.05) is 18.2 Å². The first-order chi connectivity index (χ1) is 9.16. The van der Waals surface area contributed by atoms with E-state index in [4.69, 9.17) is 5.73 Å². The van der Waals surface area contributed by atoms with Crippen LogP contribution in [0.15, 0.2) is 53.5 Å². The molecule has 0 aliphatic carbocycles. The van der Waals surface area contributed by atoms with Gasteiger partial charge in [-0.25, -0.2) is 9.36 Å². The normalized spacial score (nSPS) is 10.7. The molecule has 19 heavy (non-hydrogen) atoms. The predicted octanol–water partition coefficient (Wildman–Crippen LogP) is 1.92. The number of para-hydroxylation sites is 1. The summed E-state index contributed by atoms with van der Waals surface area (Å²) < 4.78 is 0.890. The van der Waals surface area contributed by atoms with Crippen molar-refractivity contribution in [1.29, 1.82) is 0 Å². The van der Waals surface area contributed by atoms with Crippen molar-refractivity contribution in [3.63, 3.8) is 0 Å². The molecule has 0 saturated heterocycles. The molecule has 0 fully saturated rings. The van der Waals surface area contributed by atoms with Crippen LogP contribution >= 0.6 is 0 Å². The molecule has 3 N–H and O–H groups in total. The van der Waals surface area contributed by atoms with Crippen LogP contribution in [0.2, 0.25) is 0 Å². The molecule has 3 rings (SSSR count). The quantitative estimate of drug-likeness (QED) is 0.694. The van der Waals surface area contributed by atoms with Gasteiger partial charge in [0.2, 0.25) is 0 Å². The first kappa shape index (κ1) is 11.3. The summed E-state index contributed by atoms with van der Waals surface area (Å²) in [7, 11) is 0. The third-order valence-electron chi connectivity index (χ3n) is 3.00. The number of nitrogens with two attached hydrogens (primary N) is 1. The van der Waals surface area contributed by atoms with Crippen LogP contribution in [0, 0.1) is 0 Å². The van der Waals surface area contributed by atoms with E-state index in [9.17, 15) is 9.59 Å². The highest BCUT2D eigenvalue weighted by Gasteiger charge is 2.10. The van der Waals surface area contributed by atoms with Crippen molar-refractivity contribution in [2.45, 2.75) is 0 Å². The molecule has 2 heterocycles. The summed E-state index contributed by atoms with van der Waals surface area (Å²) in [6, 6.07) is 12.1. The number of fused-ring (bicyclic) bond motifs is 1. The first-order valence-corrected chi connectivity index (χ1v) is 5.76. The van der Waals surface area contributed by atoms with Crippen molar-refractivity contribution in [3.8, 4) is 11.3 Å². The third-order valence-corrected chi connectivity index (χ3v) is 3.00. The van der Waals surface area contributed by atoms with Crippen LogP contribution in [0.4, 0.5) is 4.79 Å². The maximum atomic E-state index is 12.1. The van der Waals surface area contributed by atoms with E-state index in [1.807, 2.05) is 30.3 Å². The molecule has 0 aliphatic rings. The fourth-order valence-corrected chi connectivity index (χ4v) is 2.09. The van der Waals surface area contributed by atoms with E-state index >= 15 is 0 Å². The van der Waals surface area contributed by atoms with Gasteiger partial charge in [0.05, 0.1) is 11.3 Å². The van der Waals surface area contributed by atoms with Crippen molar-refractivity contribution >= 4 is 16.9 Å². The van der Waals surface area contributed by atoms with Gasteiger partial charge >= 0.3 is 6.03 Å². The number of carbonyl (C=O) groups is 1. The third kappa shape index (κ3) is 1.81. The molecule has 3 aromatic rings. The molecule has 1 aromatic carbocycles. The number of carbonyl (C=O) groups excluding carboxylic acids is 1. The Labute approximate surface area is 108 Å². The van der Waals surface area contributed by atoms with E-state index < -0.39 is 11.6 Å². The molecule has 5 nitrogen and oxygen atoms in total. The zero-order chi connectivity index (χ0) is 13.4. The largest absolute Gasteiger partial charge is 0.354 e. The minimum atomic E-state index is -0.789. The average molecular weight is 253 g/mol. The van der Waals surface area contributed by atoms with Gasteiger partial charge in [0.15, 0.2) is 0 Å². The lowest BCUT2D eigenvalue weighted by Crippen LogP contribution is -2.31. The number of hydrogen-bond acceptors (Lipinski definition) is 2. The highest BCUT2D eigenvalue weighted by Crippen LogP contribution is 2.21. The number of rotatable bonds is 1. The Hall–Kier alpha value is -2.82. The molecule has 2 aromatic heterocycles. The summed E-state index contributed by atoms with van der Waals surface area (Å²) >= 11 is 0. The summed E-state index contributed by atoms with van der Waals surface area (Å²) in [5.41, 5.74) is 6.74. The second kappa shape index (κ2) is 4.13. The standard InChI is InChI=1S/C14H11N3O2/c15-14(19)17-7-3-5-10(13(17)18)12-8-9-4-1-2-6-11(9)16-12/h1-8,16H,(H2,15,19). The molecule has 0 bridgehead atoms. The van der Waals surface area contributed by atoms with E-state index in [0.29, 0.717) is 11.3 Å². The summed E-state index contributed by atoms with van der Waals surface area (Å²) in [5.74, 6) is 0. The minimum Gasteiger partial charge on any atom is -0.354 e. The van der Waals surface area contributed by atoms with Gasteiger partial charge in [-0.2, -0.15) is 0 Å². The molecule has 94 valence electrons. The van der Waals surface area contributed by atoms with Crippen LogP contribution in [0.25, 0.3) is 22.2 Å². The molecule has 0 aliphatic heterocycles. The zero-order valence-electron chi connectivity index (χ0n) is 9.96. The van der Waals surface area contributed by atoms with Gasteiger partial charge in [0.25, 0.3) is 5.56 Å². The molecule has 0 spiro atoms. The lowest BCUT2D eigenvalue weighted by atomic mass is 10.2. The number of aromatic amines is 1. The average Bonchev–Trinajstić information content (AvgIpc) is 2.82. The van der Waals surface area contributed by atoms with Crippen molar-refractivity contribution in [2.24, 2.45) is 5.73 Å². The Bertz CT molecular complexity index is 797. The molecule has 0 atom stereocenters. The van der Waals surface area contributed by atoms with Gasteiger partial charge in [-0.15, -0.1) is 0 Å². The second-order valence-electron chi connectivity index (χ2n) is 4.21. The molecule has 0 radical (unpaired) electrons. The van der Waals surface area contributed by atoms with Gasteiger partial charge in [-0.05, 0) is 24.3 Å². The molecule has 1 amide bonds. The fraction of sp³-hybridized carbons (Fsp3) is 0. The van der Waals surface area contributed by atoms with E-state index in [1.54, 1.807) is 12.1 Å². The zero-order valence-corrected chi connectivity index (χ0v) is 9.96. The Balaban J connectivity index is 2.24. The second-order valence-corrected chi connectivity index (χ2v) is 4.21. The van der Waals surface area contributed by atoms with Crippen molar-refractivity contribution in [2.75, 3.05) is 0 Å². The molecular weight excluding hydrogens is 242 g/mol. The number of nitrogens with one attached hydrogen (secondary N) is 1. The number of H-pyrrole nitrogens is 1. The van der Waals surface area contributed by atoms with Crippen molar-refractivity contribution < 1.29 is 4.79 Å². The number of hydrogen-bond donors (Lipinski definition) is 2. The number of nitrogens with zero attached hydrogens (tertiary/aromatic N) is 1. The number of benzene rings is 1. The first-order valence-electron chi connectivity index (χ1n) is 5.76. The highest BCUT2D eigenvalue weighted by atomic mass is 16.2. The van der Waals surface area contributed by atoms with Crippen molar-refractivity contribution in [3.05, 3.63) is 59.0 Å². The molecule has 0 saturated carbocycles. The van der Waals surface area contributed by atoms with Gasteiger partial charge in [0, 0.05) is 17.1 Å². The SMILES string of the molecule is NC(=O)n1cccc(-c2cc3ccccc3[nH]2)c1=O. The molecule has 0 unspecified atom stereocenters. The highest BCUT2D eigenvalue weighted by molar-refractivity contribution is 5.86. The van der Waals surface area contributed by atoms with Crippen LogP contribution in [-0.2, 0) is 0 Å². The van der Waals surface area contributed by atoms with Crippen LogP contribution in [0.1, 0.15) is 0 Å². The Morgan fingerprint density at radius 3 is 2.68 bits per heavy atom. The lowest BCUT2D eigenvalue weighted by molar-refractivity contribution is 0.249. The maximum Gasteiger partial charge on any atom is 0.325 e. The van der Waals surface area contributed by atoms with Crippen molar-refractivity contribution in [1.82, 2.24) is 9.55 Å². The van der Waals surface area contributed by atoms with Gasteiger partial charge in [-0.3, -0.25) is 4.79 Å². The van der Waals surface area contributed by atoms with Crippen LogP contribution in [-0.4, -0.2) is 15.6 Å². The Morgan fingerprint density at radius 1 is 1.16 bits per heavy atom. The minimum absolute atomic E-state index is 0.414. The summed E-state index contributed by atoms with van der Waals surface area (Å²) in [6.45, 7) is 0. The Kier molecular flexibility index (Phi) is 2.45. The number of amides is 1. The topological polar surface area (TPSA) is 80.9 Å². The van der Waals surface area contributed by atoms with Crippen LogP contribution < -0.4 is 11.3 Å². The number of primary amides is 1. The lowest BCUT2D eigenvalue weighted by Gasteiger charge is -2.02. The summed E-state index contributed by atoms with van der Waals surface area (Å²) in [4.78, 5) is 26.4. The number of aromatic nitrogens is 2. The van der Waals surface area contributed by atoms with Gasteiger partial charge in [0.1, 0.15) is 0 Å². The van der Waals surface area contributed by atoms with E-state index in [1.165, 1.54) is 6.20 Å². The van der Waals surface area contributed by atoms with E-state index in [2.05, 4.69) is 4.98 Å². The predicted molar refractivity (Wildman–Crippen MR) is 73.0 cm³/mol. The van der Waals surface area contributed by atoms with E-state index in [-0.39, 0.29) is 0 Å². The smallest absolute Gasteiger partial charge is 0.325 e. The summed E-state index contributed by atoms with van der Waals surface area (Å²) in [5, 5.41) is 1.01. The monoisotopic (exact) mass is 253 g/mol. The molecule has 5 heteroatoms. The molecular formula is C14H11N3O2. The van der Waals surface area contributed by atoms with E-state index in [0.717, 1.165) is 15.5 Å². The maximum absolute atomic E-state index is 12.1.